The van der Waals surface area contributed by atoms with Crippen LogP contribution in [0, 0.1) is 9.81 Å². The van der Waals surface area contributed by atoms with Crippen molar-refractivity contribution in [2.24, 2.45) is 0 Å². The molecule has 100 valence electrons. The first-order valence-electron chi connectivity index (χ1n) is 6.51. The summed E-state index contributed by atoms with van der Waals surface area (Å²) in [5.74, 6) is 0. The van der Waals surface area contributed by atoms with Gasteiger partial charge in [-0.05, 0) is 60.4 Å². The number of halogens is 1. The van der Waals surface area contributed by atoms with Gasteiger partial charge in [-0.25, -0.2) is 0 Å². The highest BCUT2D eigenvalue weighted by atomic mass is 127. The van der Waals surface area contributed by atoms with Crippen molar-refractivity contribution in [3.05, 3.63) is 43.2 Å². The molecule has 0 spiro atoms. The van der Waals surface area contributed by atoms with E-state index in [9.17, 15) is 0 Å². The molecule has 19 heavy (non-hydrogen) atoms. The molecule has 0 saturated carbocycles. The van der Waals surface area contributed by atoms with Crippen molar-refractivity contribution in [1.82, 2.24) is 15.3 Å². The Morgan fingerprint density at radius 3 is 3.11 bits per heavy atom. The largest absolute Gasteiger partial charge is 0.304 e. The van der Waals surface area contributed by atoms with Gasteiger partial charge >= 0.3 is 0 Å². The van der Waals surface area contributed by atoms with E-state index in [0.717, 1.165) is 17.9 Å². The summed E-state index contributed by atoms with van der Waals surface area (Å²) in [4.78, 5) is 10.2. The van der Waals surface area contributed by atoms with Crippen LogP contribution in [0.5, 0.6) is 0 Å². The molecule has 1 atom stereocenters. The number of nitrogens with one attached hydrogen (secondary N) is 1. The van der Waals surface area contributed by atoms with Crippen LogP contribution in [0.3, 0.4) is 0 Å². The minimum Gasteiger partial charge on any atom is -0.304 e. The summed E-state index contributed by atoms with van der Waals surface area (Å²) in [5, 5.41) is 3.63. The first-order chi connectivity index (χ1) is 9.22. The normalized spacial score (nSPS) is 18.3. The van der Waals surface area contributed by atoms with Crippen LogP contribution in [0.2, 0.25) is 0 Å². The predicted molar refractivity (Wildman–Crippen MR) is 86.3 cm³/mol. The molecule has 1 unspecified atom stereocenters. The zero-order chi connectivity index (χ0) is 13.2. The highest BCUT2D eigenvalue weighted by Gasteiger charge is 2.22. The molecule has 0 amide bonds. The lowest BCUT2D eigenvalue weighted by Gasteiger charge is -2.23. The lowest BCUT2D eigenvalue weighted by Crippen LogP contribution is -2.24. The van der Waals surface area contributed by atoms with Gasteiger partial charge in [-0.1, -0.05) is 0 Å². The first-order valence-corrected chi connectivity index (χ1v) is 8.41. The lowest BCUT2D eigenvalue weighted by molar-refractivity contribution is 0.459. The first kappa shape index (κ1) is 13.5. The minimum absolute atomic E-state index is 0.478. The average molecular weight is 385 g/mol. The molecule has 0 bridgehead atoms. The molecule has 0 fully saturated rings. The Labute approximate surface area is 131 Å². The fraction of sp³-hybridized carbons (Fsp3) is 0.429. The van der Waals surface area contributed by atoms with Gasteiger partial charge in [0.05, 0.1) is 14.3 Å². The fourth-order valence-electron chi connectivity index (χ4n) is 2.47. The SMILES string of the molecule is Cc1cnc(CNC2CCCc3sc(I)cc32)cn1. The lowest BCUT2D eigenvalue weighted by atomic mass is 9.94. The van der Waals surface area contributed by atoms with Crippen molar-refractivity contribution in [2.75, 3.05) is 0 Å². The van der Waals surface area contributed by atoms with E-state index in [1.807, 2.05) is 30.7 Å². The molecule has 5 heteroatoms. The van der Waals surface area contributed by atoms with Crippen LogP contribution in [0.4, 0.5) is 0 Å². The Balaban J connectivity index is 1.69. The Morgan fingerprint density at radius 1 is 1.42 bits per heavy atom. The summed E-state index contributed by atoms with van der Waals surface area (Å²) in [6, 6.07) is 2.81. The Bertz CT molecular complexity index is 565. The molecule has 0 aromatic carbocycles. The van der Waals surface area contributed by atoms with Gasteiger partial charge in [-0.2, -0.15) is 0 Å². The molecule has 1 aliphatic carbocycles. The van der Waals surface area contributed by atoms with Crippen LogP contribution in [0.1, 0.15) is 40.7 Å². The zero-order valence-corrected chi connectivity index (χ0v) is 13.8. The van der Waals surface area contributed by atoms with Crippen molar-refractivity contribution in [3.8, 4) is 0 Å². The van der Waals surface area contributed by atoms with Gasteiger partial charge < -0.3 is 5.32 Å². The highest BCUT2D eigenvalue weighted by Crippen LogP contribution is 2.36. The summed E-state index contributed by atoms with van der Waals surface area (Å²) in [5.41, 5.74) is 3.49. The molecule has 2 aromatic heterocycles. The van der Waals surface area contributed by atoms with Gasteiger partial charge in [0, 0.05) is 29.9 Å². The van der Waals surface area contributed by atoms with E-state index in [-0.39, 0.29) is 0 Å². The molecule has 0 radical (unpaired) electrons. The second kappa shape index (κ2) is 5.85. The van der Waals surface area contributed by atoms with Crippen molar-refractivity contribution < 1.29 is 0 Å². The Morgan fingerprint density at radius 2 is 2.32 bits per heavy atom. The van der Waals surface area contributed by atoms with Crippen molar-refractivity contribution >= 4 is 33.9 Å². The van der Waals surface area contributed by atoms with Crippen molar-refractivity contribution in [2.45, 2.75) is 38.8 Å². The maximum absolute atomic E-state index is 4.40. The standard InChI is InChI=1S/C14H16IN3S/c1-9-6-17-10(7-16-9)8-18-12-3-2-4-13-11(12)5-14(15)19-13/h5-7,12,18H,2-4,8H2,1H3. The summed E-state index contributed by atoms with van der Waals surface area (Å²) in [6.45, 7) is 2.76. The maximum atomic E-state index is 4.40. The summed E-state index contributed by atoms with van der Waals surface area (Å²) in [7, 11) is 0. The molecule has 2 heterocycles. The molecule has 1 N–H and O–H groups in total. The van der Waals surface area contributed by atoms with E-state index in [0.29, 0.717) is 6.04 Å². The van der Waals surface area contributed by atoms with Crippen LogP contribution in [0.15, 0.2) is 18.5 Å². The summed E-state index contributed by atoms with van der Waals surface area (Å²) < 4.78 is 1.39. The summed E-state index contributed by atoms with van der Waals surface area (Å²) in [6.07, 6.45) is 7.44. The molecule has 3 rings (SSSR count). The molecule has 2 aromatic rings. The molecular weight excluding hydrogens is 369 g/mol. The van der Waals surface area contributed by atoms with E-state index >= 15 is 0 Å². The minimum atomic E-state index is 0.478. The van der Waals surface area contributed by atoms with Gasteiger partial charge in [-0.15, -0.1) is 11.3 Å². The van der Waals surface area contributed by atoms with E-state index in [1.165, 1.54) is 27.7 Å². The predicted octanol–water partition coefficient (Wildman–Crippen LogP) is 3.62. The van der Waals surface area contributed by atoms with Gasteiger partial charge in [0.25, 0.3) is 0 Å². The Kier molecular flexibility index (Phi) is 4.14. The molecule has 1 aliphatic rings. The molecule has 0 saturated heterocycles. The molecule has 0 aliphatic heterocycles. The number of thiophene rings is 1. The number of fused-ring (bicyclic) bond motifs is 1. The number of aromatic nitrogens is 2. The summed E-state index contributed by atoms with van der Waals surface area (Å²) >= 11 is 4.36. The topological polar surface area (TPSA) is 37.8 Å². The van der Waals surface area contributed by atoms with Gasteiger partial charge in [0.2, 0.25) is 0 Å². The van der Waals surface area contributed by atoms with Gasteiger partial charge in [0.15, 0.2) is 0 Å². The van der Waals surface area contributed by atoms with Crippen LogP contribution in [-0.4, -0.2) is 9.97 Å². The zero-order valence-electron chi connectivity index (χ0n) is 10.8. The van der Waals surface area contributed by atoms with Crippen molar-refractivity contribution in [1.29, 1.82) is 0 Å². The average Bonchev–Trinajstić information content (AvgIpc) is 2.79. The third kappa shape index (κ3) is 3.14. The smallest absolute Gasteiger partial charge is 0.0724 e. The quantitative estimate of drug-likeness (QED) is 0.821. The van der Waals surface area contributed by atoms with Gasteiger partial charge in [0.1, 0.15) is 0 Å². The van der Waals surface area contributed by atoms with E-state index in [1.54, 1.807) is 4.88 Å². The molecule has 3 nitrogen and oxygen atoms in total. The Hall–Kier alpha value is -0.530. The van der Waals surface area contributed by atoms with E-state index in [2.05, 4.69) is 43.9 Å². The monoisotopic (exact) mass is 385 g/mol. The molecular formula is C14H16IN3S. The second-order valence-electron chi connectivity index (χ2n) is 4.90. The number of hydrogen-bond donors (Lipinski definition) is 1. The highest BCUT2D eigenvalue weighted by molar-refractivity contribution is 14.1. The second-order valence-corrected chi connectivity index (χ2v) is 7.93. The van der Waals surface area contributed by atoms with Crippen molar-refractivity contribution in [3.63, 3.8) is 0 Å². The third-order valence-corrected chi connectivity index (χ3v) is 5.42. The van der Waals surface area contributed by atoms with Crippen LogP contribution in [-0.2, 0) is 13.0 Å². The van der Waals surface area contributed by atoms with Crippen LogP contribution >= 0.6 is 33.9 Å². The fourth-order valence-corrected chi connectivity index (χ4v) is 4.59. The number of aryl methyl sites for hydroxylation is 2. The van der Waals surface area contributed by atoms with Crippen LogP contribution in [0.25, 0.3) is 0 Å². The number of rotatable bonds is 3. The number of nitrogens with zero attached hydrogens (tertiary/aromatic N) is 2. The maximum Gasteiger partial charge on any atom is 0.0724 e. The van der Waals surface area contributed by atoms with E-state index < -0.39 is 0 Å². The van der Waals surface area contributed by atoms with Crippen LogP contribution < -0.4 is 5.32 Å². The number of hydrogen-bond acceptors (Lipinski definition) is 4. The third-order valence-electron chi connectivity index (χ3n) is 3.45. The van der Waals surface area contributed by atoms with Gasteiger partial charge in [-0.3, -0.25) is 9.97 Å². The van der Waals surface area contributed by atoms with E-state index in [4.69, 9.17) is 0 Å².